The molecule has 448 valence electrons. The number of carbonyl (C=O) groups excluding carboxylic acids is 9. The van der Waals surface area contributed by atoms with Crippen molar-refractivity contribution in [3.05, 3.63) is 108 Å². The van der Waals surface area contributed by atoms with Crippen molar-refractivity contribution < 1.29 is 61.8 Å². The Morgan fingerprint density at radius 1 is 0.821 bits per heavy atom. The van der Waals surface area contributed by atoms with Crippen LogP contribution >= 0.6 is 11.6 Å². The molecule has 7 rings (SSSR count). The smallest absolute Gasteiger partial charge is 0.415 e. The maximum Gasteiger partial charge on any atom is 0.415 e. The topological polar surface area (TPSA) is 306 Å². The molecular weight excluding hydrogens is 1110 g/mol. The third-order valence-electron chi connectivity index (χ3n) is 14.1. The van der Waals surface area contributed by atoms with Crippen LogP contribution in [0.15, 0.2) is 95.4 Å². The van der Waals surface area contributed by atoms with E-state index in [4.69, 9.17) is 36.0 Å². The van der Waals surface area contributed by atoms with Crippen molar-refractivity contribution in [2.45, 2.75) is 64.1 Å². The van der Waals surface area contributed by atoms with Gasteiger partial charge in [0.15, 0.2) is 5.76 Å². The molecule has 5 aromatic rings. The van der Waals surface area contributed by atoms with Crippen LogP contribution in [0.5, 0.6) is 11.5 Å². The summed E-state index contributed by atoms with van der Waals surface area (Å²) in [5.41, 5.74) is 8.13. The van der Waals surface area contributed by atoms with E-state index in [1.165, 1.54) is 36.0 Å². The van der Waals surface area contributed by atoms with Crippen LogP contribution in [0.4, 0.5) is 25.8 Å². The second-order valence-corrected chi connectivity index (χ2v) is 20.9. The lowest BCUT2D eigenvalue weighted by Gasteiger charge is -2.25. The number of urea groups is 1. The number of ether oxygens (including phenoxy) is 3. The quantitative estimate of drug-likeness (QED) is 0.0185. The van der Waals surface area contributed by atoms with Crippen molar-refractivity contribution in [1.29, 1.82) is 0 Å². The van der Waals surface area contributed by atoms with E-state index in [0.717, 1.165) is 15.8 Å². The van der Waals surface area contributed by atoms with Gasteiger partial charge in [-0.3, -0.25) is 33.7 Å². The van der Waals surface area contributed by atoms with E-state index in [9.17, 15) is 43.2 Å². The lowest BCUT2D eigenvalue weighted by Crippen LogP contribution is -2.54. The molecule has 3 heterocycles. The molecule has 0 fully saturated rings. The molecule has 84 heavy (non-hydrogen) atoms. The SMILES string of the molecule is CNCCOc1ccc2oc(C(=O)N3C[C@@H](CCl)c4c3cc(OC(=O)N(C)CCN(C)C(=O)OCc3ccc(NC(=O)[C@H](CCCNC(N)=O)NC(=O)[C@@H](NCCNC(=O)CCCN5C(=O)C=CC5=O)C(C)C)cc3)c3ccccc43)cc2c1. The van der Waals surface area contributed by atoms with Gasteiger partial charge in [-0.25, -0.2) is 14.4 Å². The van der Waals surface area contributed by atoms with Crippen molar-refractivity contribution in [3.63, 3.8) is 0 Å². The zero-order valence-electron chi connectivity index (χ0n) is 47.6. The standard InChI is InChI=1S/C59H72ClN11O13/c1-36(2)53(64-24-23-63-49(72)13-9-26-70-50(73)20-21-51(70)74)55(76)67-44(12-8-22-65-57(61)78)54(75)66-40-16-14-37(15-17-40)35-82-58(79)68(4)27-28-69(5)59(80)84-47-32-45-52(43-11-7-6-10-42(43)47)39(33-60)34-71(45)56(77)48-31-38-30-41(81-29-25-62-3)18-19-46(38)83-48/h6-7,10-11,14-21,30-32,36,39,44,53,62,64H,8-9,12-13,22-29,33-35H2,1-5H3,(H,63,72)(H,66,75)(H,67,76)(H3,61,65,78)/t39-,44+,53+/m1/s1. The number of hydrogen-bond acceptors (Lipinski definition) is 15. The first-order chi connectivity index (χ1) is 40.3. The summed E-state index contributed by atoms with van der Waals surface area (Å²) in [6.45, 7) is 5.79. The van der Waals surface area contributed by atoms with Gasteiger partial charge < -0.3 is 71.0 Å². The summed E-state index contributed by atoms with van der Waals surface area (Å²) in [6, 6.07) is 20.2. The number of furan rings is 1. The van der Waals surface area contributed by atoms with Crippen LogP contribution < -0.4 is 52.0 Å². The molecule has 0 bridgehead atoms. The van der Waals surface area contributed by atoms with E-state index in [2.05, 4.69) is 31.9 Å². The highest BCUT2D eigenvalue weighted by Gasteiger charge is 2.37. The molecule has 25 heteroatoms. The van der Waals surface area contributed by atoms with Crippen molar-refractivity contribution in [2.75, 3.05) is 96.2 Å². The van der Waals surface area contributed by atoms with Gasteiger partial charge in [-0.05, 0) is 85.1 Å². The number of likely N-dealkylation sites (N-methyl/N-ethyl adjacent to an activating group) is 3. The molecule has 1 aromatic heterocycles. The number of imide groups is 1. The van der Waals surface area contributed by atoms with Crippen molar-refractivity contribution >= 4 is 98.4 Å². The van der Waals surface area contributed by atoms with Gasteiger partial charge in [0.05, 0.1) is 11.7 Å². The van der Waals surface area contributed by atoms with Crippen LogP contribution in [0, 0.1) is 5.92 Å². The fraction of sp³-hybridized carbons (Fsp3) is 0.407. The molecule has 2 aliphatic heterocycles. The van der Waals surface area contributed by atoms with E-state index in [0.29, 0.717) is 65.0 Å². The number of amides is 10. The Labute approximate surface area is 491 Å². The minimum absolute atomic E-state index is 0.0719. The van der Waals surface area contributed by atoms with Crippen LogP contribution in [0.3, 0.4) is 0 Å². The number of primary amides is 1. The Morgan fingerprint density at radius 2 is 1.54 bits per heavy atom. The minimum Gasteiger partial charge on any atom is -0.492 e. The molecule has 0 unspecified atom stereocenters. The number of rotatable bonds is 29. The van der Waals surface area contributed by atoms with E-state index in [1.807, 2.05) is 51.2 Å². The molecule has 0 spiro atoms. The second kappa shape index (κ2) is 30.0. The maximum absolute atomic E-state index is 14.2. The number of anilines is 2. The Balaban J connectivity index is 0.884. The molecule has 0 radical (unpaired) electrons. The van der Waals surface area contributed by atoms with Gasteiger partial charge >= 0.3 is 18.2 Å². The third-order valence-corrected chi connectivity index (χ3v) is 14.5. The minimum atomic E-state index is -1.03. The number of benzene rings is 4. The zero-order valence-corrected chi connectivity index (χ0v) is 48.4. The molecule has 0 saturated carbocycles. The highest BCUT2D eigenvalue weighted by molar-refractivity contribution is 6.19. The number of nitrogens with two attached hydrogens (primary N) is 1. The molecule has 0 saturated heterocycles. The summed E-state index contributed by atoms with van der Waals surface area (Å²) in [4.78, 5) is 121. The molecule has 4 aromatic carbocycles. The number of halogens is 1. The fourth-order valence-corrected chi connectivity index (χ4v) is 9.76. The number of nitrogens with one attached hydrogen (secondary N) is 6. The second-order valence-electron chi connectivity index (χ2n) is 20.6. The largest absolute Gasteiger partial charge is 0.492 e. The van der Waals surface area contributed by atoms with Gasteiger partial charge in [-0.1, -0.05) is 50.2 Å². The number of fused-ring (bicyclic) bond motifs is 4. The summed E-state index contributed by atoms with van der Waals surface area (Å²) in [6.07, 6.45) is 1.84. The van der Waals surface area contributed by atoms with Crippen LogP contribution in [-0.2, 0) is 35.3 Å². The zero-order chi connectivity index (χ0) is 60.5. The summed E-state index contributed by atoms with van der Waals surface area (Å²) < 4.78 is 23.4. The number of hydrogen-bond donors (Lipinski definition) is 7. The lowest BCUT2D eigenvalue weighted by molar-refractivity contribution is -0.137. The van der Waals surface area contributed by atoms with E-state index < -0.39 is 53.9 Å². The van der Waals surface area contributed by atoms with Crippen molar-refractivity contribution in [2.24, 2.45) is 11.7 Å². The van der Waals surface area contributed by atoms with Gasteiger partial charge in [-0.15, -0.1) is 11.6 Å². The Bertz CT molecular complexity index is 3230. The highest BCUT2D eigenvalue weighted by atomic mass is 35.5. The first kappa shape index (κ1) is 62.9. The Hall–Kier alpha value is -8.74. The summed E-state index contributed by atoms with van der Waals surface area (Å²) in [5, 5.41) is 19.2. The normalized spacial score (nSPS) is 14.3. The third kappa shape index (κ3) is 16.7. The Morgan fingerprint density at radius 3 is 2.23 bits per heavy atom. The number of carbonyl (C=O) groups is 9. The monoisotopic (exact) mass is 1180 g/mol. The predicted octanol–water partition coefficient (Wildman–Crippen LogP) is 5.17. The molecule has 0 aliphatic carbocycles. The molecule has 2 aliphatic rings. The summed E-state index contributed by atoms with van der Waals surface area (Å²) in [5.74, 6) is -1.69. The highest BCUT2D eigenvalue weighted by Crippen LogP contribution is 2.46. The van der Waals surface area contributed by atoms with Crippen molar-refractivity contribution in [1.82, 2.24) is 41.3 Å². The number of nitrogens with zero attached hydrogens (tertiary/aromatic N) is 4. The molecule has 10 amide bonds. The van der Waals surface area contributed by atoms with Gasteiger partial charge in [0, 0.05) is 119 Å². The first-order valence-electron chi connectivity index (χ1n) is 27.7. The van der Waals surface area contributed by atoms with Gasteiger partial charge in [-0.2, -0.15) is 0 Å². The lowest BCUT2D eigenvalue weighted by atomic mass is 9.95. The molecular formula is C59H72ClN11O13. The fourth-order valence-electron chi connectivity index (χ4n) is 9.51. The van der Waals surface area contributed by atoms with Crippen molar-refractivity contribution in [3.8, 4) is 11.5 Å². The number of alkyl halides is 1. The van der Waals surface area contributed by atoms with E-state index >= 15 is 0 Å². The van der Waals surface area contributed by atoms with Crippen LogP contribution in [0.25, 0.3) is 21.7 Å². The van der Waals surface area contributed by atoms with Crippen LogP contribution in [0.1, 0.15) is 67.1 Å². The van der Waals surface area contributed by atoms with E-state index in [-0.39, 0.29) is 106 Å². The average molecular weight is 1180 g/mol. The van der Waals surface area contributed by atoms with Gasteiger partial charge in [0.2, 0.25) is 17.7 Å². The average Bonchev–Trinajstić information content (AvgIpc) is 2.11. The predicted molar refractivity (Wildman–Crippen MR) is 315 cm³/mol. The van der Waals surface area contributed by atoms with Crippen LogP contribution in [-0.4, -0.2) is 166 Å². The van der Waals surface area contributed by atoms with Gasteiger partial charge in [0.1, 0.15) is 36.3 Å². The van der Waals surface area contributed by atoms with Gasteiger partial charge in [0.25, 0.3) is 17.7 Å². The van der Waals surface area contributed by atoms with E-state index in [1.54, 1.807) is 53.4 Å². The molecule has 24 nitrogen and oxygen atoms in total. The summed E-state index contributed by atoms with van der Waals surface area (Å²) >= 11 is 6.54. The Kier molecular flexibility index (Phi) is 22.4. The maximum atomic E-state index is 14.2. The first-order valence-corrected chi connectivity index (χ1v) is 28.2. The summed E-state index contributed by atoms with van der Waals surface area (Å²) in [7, 11) is 4.91. The molecule has 8 N–H and O–H groups in total. The molecule has 3 atom stereocenters. The van der Waals surface area contributed by atoms with Crippen LogP contribution in [0.2, 0.25) is 0 Å².